The van der Waals surface area contributed by atoms with Crippen LogP contribution in [-0.4, -0.2) is 42.3 Å². The van der Waals surface area contributed by atoms with E-state index in [-0.39, 0.29) is 0 Å². The maximum Gasteiger partial charge on any atom is 0.401 e. The monoisotopic (exact) mass is 352 g/mol. The molecule has 0 aromatic carbocycles. The molecule has 0 bridgehead atoms. The molecule has 1 aliphatic heterocycles. The van der Waals surface area contributed by atoms with Gasteiger partial charge in [-0.3, -0.25) is 9.88 Å². The first-order chi connectivity index (χ1) is 9.42. The maximum absolute atomic E-state index is 12.3. The lowest BCUT2D eigenvalue weighted by Gasteiger charge is -2.32. The molecule has 0 amide bonds. The molecule has 7 heteroatoms. The Bertz CT molecular complexity index is 434. The summed E-state index contributed by atoms with van der Waals surface area (Å²) in [6.07, 6.45) is 0.659. The van der Waals surface area contributed by atoms with E-state index in [0.29, 0.717) is 31.4 Å². The molecular formula is C13H16BrF3N2O. The van der Waals surface area contributed by atoms with E-state index in [4.69, 9.17) is 4.74 Å². The summed E-state index contributed by atoms with van der Waals surface area (Å²) in [5, 5.41) is 0. The second kappa shape index (κ2) is 6.76. The quantitative estimate of drug-likeness (QED) is 0.829. The van der Waals surface area contributed by atoms with Gasteiger partial charge in [0, 0.05) is 10.7 Å². The van der Waals surface area contributed by atoms with Gasteiger partial charge in [-0.2, -0.15) is 13.2 Å². The van der Waals surface area contributed by atoms with Gasteiger partial charge in [0.15, 0.2) is 0 Å². The number of aromatic nitrogens is 1. The number of piperidine rings is 1. The molecule has 0 saturated carbocycles. The van der Waals surface area contributed by atoms with Gasteiger partial charge in [0.1, 0.15) is 5.75 Å². The second-order valence-electron chi connectivity index (χ2n) is 4.98. The van der Waals surface area contributed by atoms with Crippen molar-refractivity contribution < 1.29 is 17.9 Å². The zero-order valence-electron chi connectivity index (χ0n) is 10.9. The highest BCUT2D eigenvalue weighted by Crippen LogP contribution is 2.23. The predicted octanol–water partition coefficient (Wildman–Crippen LogP) is 3.50. The first-order valence-electron chi connectivity index (χ1n) is 6.45. The Hall–Kier alpha value is -0.820. The van der Waals surface area contributed by atoms with Crippen LogP contribution >= 0.6 is 15.9 Å². The fraction of sp³-hybridized carbons (Fsp3) is 0.615. The lowest BCUT2D eigenvalue weighted by molar-refractivity contribution is -0.148. The van der Waals surface area contributed by atoms with Crippen molar-refractivity contribution in [2.24, 2.45) is 5.92 Å². The third kappa shape index (κ3) is 5.28. The fourth-order valence-corrected chi connectivity index (χ4v) is 2.59. The zero-order valence-corrected chi connectivity index (χ0v) is 12.5. The molecule has 2 rings (SSSR count). The van der Waals surface area contributed by atoms with Crippen LogP contribution in [0.2, 0.25) is 0 Å². The van der Waals surface area contributed by atoms with Crippen molar-refractivity contribution in [1.29, 1.82) is 0 Å². The van der Waals surface area contributed by atoms with Gasteiger partial charge in [0.25, 0.3) is 0 Å². The minimum Gasteiger partial charge on any atom is -0.492 e. The van der Waals surface area contributed by atoms with Gasteiger partial charge in [0.2, 0.25) is 0 Å². The molecule has 0 unspecified atom stereocenters. The first kappa shape index (κ1) is 15.6. The van der Waals surface area contributed by atoms with Crippen LogP contribution in [0.5, 0.6) is 5.75 Å². The average molecular weight is 353 g/mol. The van der Waals surface area contributed by atoms with E-state index in [1.54, 1.807) is 12.4 Å². The molecule has 1 fully saturated rings. The number of hydrogen-bond donors (Lipinski definition) is 0. The van der Waals surface area contributed by atoms with Gasteiger partial charge in [0.05, 0.1) is 19.3 Å². The normalized spacial score (nSPS) is 18.2. The number of hydrogen-bond acceptors (Lipinski definition) is 3. The SMILES string of the molecule is FC(F)(F)CN1CCC(COc2cncc(Br)c2)CC1. The average Bonchev–Trinajstić information content (AvgIpc) is 2.36. The largest absolute Gasteiger partial charge is 0.492 e. The Kier molecular flexibility index (Phi) is 5.26. The topological polar surface area (TPSA) is 25.4 Å². The van der Waals surface area contributed by atoms with Crippen molar-refractivity contribution in [3.05, 3.63) is 22.9 Å². The third-order valence-corrected chi connectivity index (χ3v) is 3.71. The number of halogens is 4. The molecule has 0 aliphatic carbocycles. The minimum absolute atomic E-state index is 0.304. The van der Waals surface area contributed by atoms with E-state index in [2.05, 4.69) is 20.9 Å². The highest BCUT2D eigenvalue weighted by atomic mass is 79.9. The summed E-state index contributed by atoms with van der Waals surface area (Å²) in [6, 6.07) is 1.83. The Morgan fingerprint density at radius 1 is 1.30 bits per heavy atom. The molecule has 2 heterocycles. The van der Waals surface area contributed by atoms with E-state index < -0.39 is 12.7 Å². The number of ether oxygens (including phenoxy) is 1. The van der Waals surface area contributed by atoms with E-state index in [1.807, 2.05) is 6.07 Å². The molecule has 0 N–H and O–H groups in total. The number of nitrogens with zero attached hydrogens (tertiary/aromatic N) is 2. The lowest BCUT2D eigenvalue weighted by Crippen LogP contribution is -2.41. The van der Waals surface area contributed by atoms with Crippen molar-refractivity contribution >= 4 is 15.9 Å². The number of likely N-dealkylation sites (tertiary alicyclic amines) is 1. The van der Waals surface area contributed by atoms with Gasteiger partial charge < -0.3 is 4.74 Å². The van der Waals surface area contributed by atoms with Gasteiger partial charge in [-0.15, -0.1) is 0 Å². The number of alkyl halides is 3. The van der Waals surface area contributed by atoms with Crippen LogP contribution in [0.25, 0.3) is 0 Å². The molecule has 1 aromatic heterocycles. The van der Waals surface area contributed by atoms with Gasteiger partial charge >= 0.3 is 6.18 Å². The zero-order chi connectivity index (χ0) is 14.6. The Morgan fingerprint density at radius 3 is 2.60 bits per heavy atom. The van der Waals surface area contributed by atoms with Crippen LogP contribution in [0.1, 0.15) is 12.8 Å². The van der Waals surface area contributed by atoms with Crippen molar-refractivity contribution in [2.75, 3.05) is 26.2 Å². The van der Waals surface area contributed by atoms with E-state index in [0.717, 1.165) is 17.3 Å². The van der Waals surface area contributed by atoms with Crippen LogP contribution in [0, 0.1) is 5.92 Å². The summed E-state index contributed by atoms with van der Waals surface area (Å²) >= 11 is 3.31. The Balaban J connectivity index is 1.72. The summed E-state index contributed by atoms with van der Waals surface area (Å²) in [5.41, 5.74) is 0. The highest BCUT2D eigenvalue weighted by molar-refractivity contribution is 9.10. The molecule has 1 saturated heterocycles. The molecule has 112 valence electrons. The van der Waals surface area contributed by atoms with Crippen LogP contribution in [0.4, 0.5) is 13.2 Å². The first-order valence-corrected chi connectivity index (χ1v) is 7.24. The van der Waals surface area contributed by atoms with Crippen LogP contribution < -0.4 is 4.74 Å². The van der Waals surface area contributed by atoms with Crippen molar-refractivity contribution in [2.45, 2.75) is 19.0 Å². The van der Waals surface area contributed by atoms with E-state index in [1.165, 1.54) is 4.90 Å². The smallest absolute Gasteiger partial charge is 0.401 e. The van der Waals surface area contributed by atoms with Gasteiger partial charge in [-0.25, -0.2) is 0 Å². The Morgan fingerprint density at radius 2 is 2.00 bits per heavy atom. The summed E-state index contributed by atoms with van der Waals surface area (Å²) in [6.45, 7) is 0.669. The molecule has 3 nitrogen and oxygen atoms in total. The molecule has 0 atom stereocenters. The van der Waals surface area contributed by atoms with Crippen LogP contribution in [0.15, 0.2) is 22.9 Å². The van der Waals surface area contributed by atoms with E-state index >= 15 is 0 Å². The summed E-state index contributed by atoms with van der Waals surface area (Å²) < 4.78 is 43.3. The Labute approximate surface area is 124 Å². The molecule has 20 heavy (non-hydrogen) atoms. The highest BCUT2D eigenvalue weighted by Gasteiger charge is 2.32. The van der Waals surface area contributed by atoms with Crippen molar-refractivity contribution in [3.8, 4) is 5.75 Å². The van der Waals surface area contributed by atoms with Crippen LogP contribution in [-0.2, 0) is 0 Å². The fourth-order valence-electron chi connectivity index (χ4n) is 2.25. The van der Waals surface area contributed by atoms with Gasteiger partial charge in [-0.05, 0) is 53.8 Å². The molecule has 1 aromatic rings. The minimum atomic E-state index is -4.11. The molecule has 0 radical (unpaired) electrons. The molecule has 0 spiro atoms. The standard InChI is InChI=1S/C13H16BrF3N2O/c14-11-5-12(7-18-6-11)20-8-10-1-3-19(4-2-10)9-13(15,16)17/h5-7,10H,1-4,8-9H2. The number of pyridine rings is 1. The van der Waals surface area contributed by atoms with Crippen molar-refractivity contribution in [3.63, 3.8) is 0 Å². The predicted molar refractivity (Wildman–Crippen MR) is 72.7 cm³/mol. The van der Waals surface area contributed by atoms with Crippen LogP contribution in [0.3, 0.4) is 0 Å². The lowest BCUT2D eigenvalue weighted by atomic mass is 9.98. The van der Waals surface area contributed by atoms with E-state index in [9.17, 15) is 13.2 Å². The number of rotatable bonds is 4. The second-order valence-corrected chi connectivity index (χ2v) is 5.90. The summed E-state index contributed by atoms with van der Waals surface area (Å²) in [5.74, 6) is 0.982. The molecular weight excluding hydrogens is 337 g/mol. The van der Waals surface area contributed by atoms with Gasteiger partial charge in [-0.1, -0.05) is 0 Å². The third-order valence-electron chi connectivity index (χ3n) is 3.28. The maximum atomic E-state index is 12.3. The molecule has 1 aliphatic rings. The summed E-state index contributed by atoms with van der Waals surface area (Å²) in [7, 11) is 0. The summed E-state index contributed by atoms with van der Waals surface area (Å²) in [4.78, 5) is 5.45. The van der Waals surface area contributed by atoms with Crippen molar-refractivity contribution in [1.82, 2.24) is 9.88 Å².